The molecule has 0 aromatic carbocycles. The molecule has 1 aliphatic carbocycles. The molecule has 0 aromatic heterocycles. The molecule has 0 aliphatic heterocycles. The summed E-state index contributed by atoms with van der Waals surface area (Å²) in [5.74, 6) is 3.77. The van der Waals surface area contributed by atoms with Crippen molar-refractivity contribution in [2.75, 3.05) is 0 Å². The summed E-state index contributed by atoms with van der Waals surface area (Å²) in [5, 5.41) is 3.73. The Morgan fingerprint density at radius 2 is 1.94 bits per heavy atom. The molecule has 16 heavy (non-hydrogen) atoms. The van der Waals surface area contributed by atoms with Gasteiger partial charge in [-0.2, -0.15) is 0 Å². The van der Waals surface area contributed by atoms with Crippen LogP contribution in [0.2, 0.25) is 0 Å². The predicted molar refractivity (Wildman–Crippen MR) is 71.3 cm³/mol. The molecule has 1 saturated carbocycles. The molecule has 0 saturated heterocycles. The molecule has 1 N–H and O–H groups in total. The van der Waals surface area contributed by atoms with Crippen LogP contribution in [-0.2, 0) is 0 Å². The number of nitrogens with one attached hydrogen (secondary N) is 1. The third-order valence-electron chi connectivity index (χ3n) is 3.87. The zero-order valence-electron chi connectivity index (χ0n) is 11.0. The van der Waals surface area contributed by atoms with Crippen LogP contribution < -0.4 is 5.32 Å². The molecule has 0 bridgehead atoms. The first-order valence-electron chi connectivity index (χ1n) is 6.99. The van der Waals surface area contributed by atoms with Crippen molar-refractivity contribution in [3.63, 3.8) is 0 Å². The minimum atomic E-state index is 0.540. The molecule has 1 fully saturated rings. The molecule has 0 spiro atoms. The molecule has 1 nitrogen and oxygen atoms in total. The first-order valence-corrected chi connectivity index (χ1v) is 6.99. The summed E-state index contributed by atoms with van der Waals surface area (Å²) in [5.41, 5.74) is 0. The van der Waals surface area contributed by atoms with Gasteiger partial charge in [-0.1, -0.05) is 26.7 Å². The summed E-state index contributed by atoms with van der Waals surface area (Å²) in [4.78, 5) is 0. The van der Waals surface area contributed by atoms with Crippen molar-refractivity contribution in [3.8, 4) is 12.3 Å². The summed E-state index contributed by atoms with van der Waals surface area (Å²) < 4.78 is 0. The fourth-order valence-electron chi connectivity index (χ4n) is 2.82. The molecule has 1 rings (SSSR count). The van der Waals surface area contributed by atoms with Crippen LogP contribution >= 0.6 is 0 Å². The van der Waals surface area contributed by atoms with Crippen molar-refractivity contribution in [1.29, 1.82) is 0 Å². The lowest BCUT2D eigenvalue weighted by Crippen LogP contribution is -2.40. The van der Waals surface area contributed by atoms with E-state index in [1.807, 2.05) is 0 Å². The van der Waals surface area contributed by atoms with Gasteiger partial charge in [-0.05, 0) is 38.0 Å². The molecule has 92 valence electrons. The van der Waals surface area contributed by atoms with Crippen LogP contribution in [0.1, 0.15) is 65.2 Å². The predicted octanol–water partition coefficient (Wildman–Crippen LogP) is 3.74. The number of terminal acetylenes is 1. The van der Waals surface area contributed by atoms with Gasteiger partial charge in [0, 0.05) is 18.5 Å². The maximum atomic E-state index is 5.38. The lowest BCUT2D eigenvalue weighted by atomic mass is 9.83. The maximum absolute atomic E-state index is 5.38. The van der Waals surface area contributed by atoms with E-state index in [0.29, 0.717) is 6.04 Å². The van der Waals surface area contributed by atoms with E-state index in [0.717, 1.165) is 24.8 Å². The summed E-state index contributed by atoms with van der Waals surface area (Å²) in [6.07, 6.45) is 15.7. The zero-order valence-corrected chi connectivity index (χ0v) is 11.0. The van der Waals surface area contributed by atoms with Crippen LogP contribution in [0.3, 0.4) is 0 Å². The second-order valence-corrected chi connectivity index (χ2v) is 5.19. The van der Waals surface area contributed by atoms with Crippen LogP contribution in [0.25, 0.3) is 0 Å². The monoisotopic (exact) mass is 221 g/mol. The van der Waals surface area contributed by atoms with E-state index in [2.05, 4.69) is 25.1 Å². The minimum absolute atomic E-state index is 0.540. The van der Waals surface area contributed by atoms with Crippen LogP contribution in [0.5, 0.6) is 0 Å². The van der Waals surface area contributed by atoms with E-state index in [-0.39, 0.29) is 0 Å². The molecule has 1 aliphatic rings. The van der Waals surface area contributed by atoms with E-state index in [1.54, 1.807) is 0 Å². The molecule has 1 atom stereocenters. The second kappa shape index (κ2) is 7.74. The van der Waals surface area contributed by atoms with Gasteiger partial charge in [0.25, 0.3) is 0 Å². The van der Waals surface area contributed by atoms with E-state index >= 15 is 0 Å². The van der Waals surface area contributed by atoms with Crippen LogP contribution in [0, 0.1) is 18.3 Å². The Balaban J connectivity index is 2.23. The van der Waals surface area contributed by atoms with E-state index in [9.17, 15) is 0 Å². The van der Waals surface area contributed by atoms with Crippen molar-refractivity contribution >= 4 is 0 Å². The van der Waals surface area contributed by atoms with Crippen molar-refractivity contribution in [3.05, 3.63) is 0 Å². The fraction of sp³-hybridized carbons (Fsp3) is 0.867. The smallest absolute Gasteiger partial charge is 0.0240 e. The topological polar surface area (TPSA) is 12.0 Å². The highest BCUT2D eigenvalue weighted by Crippen LogP contribution is 2.28. The Labute approximate surface area is 101 Å². The van der Waals surface area contributed by atoms with Crippen LogP contribution in [0.15, 0.2) is 0 Å². The van der Waals surface area contributed by atoms with Gasteiger partial charge in [0.2, 0.25) is 0 Å². The molecular formula is C15H27N. The van der Waals surface area contributed by atoms with Gasteiger partial charge in [0.1, 0.15) is 0 Å². The fourth-order valence-corrected chi connectivity index (χ4v) is 2.82. The minimum Gasteiger partial charge on any atom is -0.310 e. The second-order valence-electron chi connectivity index (χ2n) is 5.19. The number of hydrogen-bond donors (Lipinski definition) is 1. The highest BCUT2D eigenvalue weighted by atomic mass is 14.9. The summed E-state index contributed by atoms with van der Waals surface area (Å²) in [6, 6.07) is 1.27. The zero-order chi connectivity index (χ0) is 11.8. The largest absolute Gasteiger partial charge is 0.310 e. The summed E-state index contributed by atoms with van der Waals surface area (Å²) in [7, 11) is 0. The maximum Gasteiger partial charge on any atom is 0.0240 e. The highest BCUT2D eigenvalue weighted by Gasteiger charge is 2.21. The van der Waals surface area contributed by atoms with E-state index in [4.69, 9.17) is 6.42 Å². The number of hydrogen-bond acceptors (Lipinski definition) is 1. The quantitative estimate of drug-likeness (QED) is 0.674. The molecular weight excluding hydrogens is 194 g/mol. The van der Waals surface area contributed by atoms with Gasteiger partial charge in [-0.25, -0.2) is 0 Å². The molecule has 0 heterocycles. The Hall–Kier alpha value is -0.480. The van der Waals surface area contributed by atoms with Gasteiger partial charge in [-0.3, -0.25) is 0 Å². The Morgan fingerprint density at radius 3 is 2.44 bits per heavy atom. The van der Waals surface area contributed by atoms with Gasteiger partial charge < -0.3 is 5.32 Å². The highest BCUT2D eigenvalue weighted by molar-refractivity contribution is 4.91. The van der Waals surface area contributed by atoms with Crippen molar-refractivity contribution in [2.24, 2.45) is 5.92 Å². The summed E-state index contributed by atoms with van der Waals surface area (Å²) in [6.45, 7) is 4.52. The SMILES string of the molecule is C#CCC(CC)NC1CCC(CCC)CC1. The van der Waals surface area contributed by atoms with Gasteiger partial charge in [0.15, 0.2) is 0 Å². The number of rotatable bonds is 6. The Morgan fingerprint density at radius 1 is 1.25 bits per heavy atom. The van der Waals surface area contributed by atoms with Gasteiger partial charge in [0.05, 0.1) is 0 Å². The standard InChI is InChI=1S/C15H27N/c1-4-7-13-9-11-15(12-10-13)16-14(6-3)8-5-2/h2,13-16H,4,6-12H2,1,3H3. The molecule has 0 radical (unpaired) electrons. The van der Waals surface area contributed by atoms with Crippen molar-refractivity contribution < 1.29 is 0 Å². The molecule has 0 amide bonds. The molecule has 1 unspecified atom stereocenters. The lowest BCUT2D eigenvalue weighted by Gasteiger charge is -2.31. The molecule has 1 heteroatoms. The lowest BCUT2D eigenvalue weighted by molar-refractivity contribution is 0.261. The first-order chi connectivity index (χ1) is 7.80. The van der Waals surface area contributed by atoms with Gasteiger partial charge in [-0.15, -0.1) is 12.3 Å². The molecule has 0 aromatic rings. The van der Waals surface area contributed by atoms with Crippen molar-refractivity contribution in [1.82, 2.24) is 5.32 Å². The third-order valence-corrected chi connectivity index (χ3v) is 3.87. The summed E-state index contributed by atoms with van der Waals surface area (Å²) >= 11 is 0. The average molecular weight is 221 g/mol. The van der Waals surface area contributed by atoms with Crippen LogP contribution in [-0.4, -0.2) is 12.1 Å². The Bertz CT molecular complexity index is 208. The first kappa shape index (κ1) is 13.6. The van der Waals surface area contributed by atoms with Crippen molar-refractivity contribution in [2.45, 2.75) is 77.3 Å². The van der Waals surface area contributed by atoms with Gasteiger partial charge >= 0.3 is 0 Å². The van der Waals surface area contributed by atoms with Crippen LogP contribution in [0.4, 0.5) is 0 Å². The van der Waals surface area contributed by atoms with E-state index < -0.39 is 0 Å². The average Bonchev–Trinajstić information content (AvgIpc) is 2.31. The van der Waals surface area contributed by atoms with E-state index in [1.165, 1.54) is 38.5 Å². The third kappa shape index (κ3) is 4.58. The Kier molecular flexibility index (Phi) is 6.57. The normalized spacial score (nSPS) is 27.3.